The molecule has 106 valence electrons. The van der Waals surface area contributed by atoms with Crippen LogP contribution in [0, 0.1) is 0 Å². The maximum Gasteiger partial charge on any atom is 0.193 e. The Balaban J connectivity index is 0.00000180. The number of piperidine rings is 1. The van der Waals surface area contributed by atoms with Crippen molar-refractivity contribution < 1.29 is 4.74 Å². The first kappa shape index (κ1) is 16.1. The van der Waals surface area contributed by atoms with Crippen molar-refractivity contribution in [3.8, 4) is 5.75 Å². The summed E-state index contributed by atoms with van der Waals surface area (Å²) in [7, 11) is 3.73. The molecule has 0 unspecified atom stereocenters. The van der Waals surface area contributed by atoms with Crippen molar-refractivity contribution in [1.82, 2.24) is 10.2 Å². The Morgan fingerprint density at radius 3 is 2.42 bits per heavy atom. The van der Waals surface area contributed by atoms with E-state index < -0.39 is 0 Å². The zero-order valence-corrected chi connectivity index (χ0v) is 13.8. The molecular formula is C14H22IN3O. The number of nitrogens with zero attached hydrogens (tertiary/aromatic N) is 2. The molecule has 1 aliphatic rings. The molecule has 1 heterocycles. The van der Waals surface area contributed by atoms with Gasteiger partial charge in [0.05, 0.1) is 0 Å². The average molecular weight is 375 g/mol. The summed E-state index contributed by atoms with van der Waals surface area (Å²) in [5.74, 6) is 1.93. The number of hydrogen-bond acceptors (Lipinski definition) is 2. The molecule has 1 aromatic carbocycles. The molecule has 0 spiro atoms. The second-order valence-electron chi connectivity index (χ2n) is 4.41. The van der Waals surface area contributed by atoms with Gasteiger partial charge in [-0.25, -0.2) is 0 Å². The van der Waals surface area contributed by atoms with Crippen molar-refractivity contribution >= 4 is 29.9 Å². The maximum absolute atomic E-state index is 5.96. The lowest BCUT2D eigenvalue weighted by atomic mass is 10.1. The van der Waals surface area contributed by atoms with E-state index in [4.69, 9.17) is 4.74 Å². The van der Waals surface area contributed by atoms with E-state index in [-0.39, 0.29) is 24.0 Å². The molecule has 0 bridgehead atoms. The van der Waals surface area contributed by atoms with Crippen molar-refractivity contribution in [2.45, 2.75) is 18.9 Å². The van der Waals surface area contributed by atoms with Crippen LogP contribution in [-0.2, 0) is 0 Å². The molecule has 19 heavy (non-hydrogen) atoms. The standard InChI is InChI=1S/C14H21N3O.HI/c1-15-14(16-2)17-10-8-13(9-11-17)18-12-6-4-3-5-7-12;/h3-7,13H,8-11H2,1-2H3,(H,15,16);1H. The fourth-order valence-corrected chi connectivity index (χ4v) is 2.29. The lowest BCUT2D eigenvalue weighted by Gasteiger charge is -2.33. The Hall–Kier alpha value is -0.980. The van der Waals surface area contributed by atoms with Gasteiger partial charge in [0, 0.05) is 40.0 Å². The van der Waals surface area contributed by atoms with Crippen molar-refractivity contribution in [1.29, 1.82) is 0 Å². The van der Waals surface area contributed by atoms with Gasteiger partial charge in [0.2, 0.25) is 0 Å². The van der Waals surface area contributed by atoms with Crippen molar-refractivity contribution in [2.24, 2.45) is 4.99 Å². The highest BCUT2D eigenvalue weighted by molar-refractivity contribution is 14.0. The van der Waals surface area contributed by atoms with Crippen LogP contribution in [-0.4, -0.2) is 44.1 Å². The van der Waals surface area contributed by atoms with E-state index in [9.17, 15) is 0 Å². The maximum atomic E-state index is 5.96. The zero-order valence-electron chi connectivity index (χ0n) is 11.5. The first-order valence-corrected chi connectivity index (χ1v) is 6.44. The molecule has 0 atom stereocenters. The molecule has 1 fully saturated rings. The SMILES string of the molecule is CN=C(NC)N1CCC(Oc2ccccc2)CC1.I. The third-order valence-corrected chi connectivity index (χ3v) is 3.22. The number of halogens is 1. The fraction of sp³-hybridized carbons (Fsp3) is 0.500. The van der Waals surface area contributed by atoms with Crippen LogP contribution in [0.5, 0.6) is 5.75 Å². The molecule has 2 rings (SSSR count). The quantitative estimate of drug-likeness (QED) is 0.490. The first-order valence-electron chi connectivity index (χ1n) is 6.44. The minimum atomic E-state index is 0. The Morgan fingerprint density at radius 1 is 1.26 bits per heavy atom. The molecule has 1 N–H and O–H groups in total. The zero-order chi connectivity index (χ0) is 12.8. The van der Waals surface area contributed by atoms with E-state index in [2.05, 4.69) is 15.2 Å². The van der Waals surface area contributed by atoms with Crippen molar-refractivity contribution in [2.75, 3.05) is 27.2 Å². The van der Waals surface area contributed by atoms with E-state index in [0.29, 0.717) is 6.10 Å². The predicted molar refractivity (Wildman–Crippen MR) is 89.5 cm³/mol. The summed E-state index contributed by atoms with van der Waals surface area (Å²) in [5, 5.41) is 3.12. The Labute approximate surface area is 132 Å². The second-order valence-corrected chi connectivity index (χ2v) is 4.41. The molecule has 1 saturated heterocycles. The van der Waals surface area contributed by atoms with Crippen LogP contribution in [0.25, 0.3) is 0 Å². The number of rotatable bonds is 2. The number of guanidine groups is 1. The molecule has 1 aliphatic heterocycles. The summed E-state index contributed by atoms with van der Waals surface area (Å²) in [4.78, 5) is 6.50. The fourth-order valence-electron chi connectivity index (χ4n) is 2.29. The highest BCUT2D eigenvalue weighted by atomic mass is 127. The second kappa shape index (κ2) is 8.24. The van der Waals surface area contributed by atoms with Gasteiger partial charge in [0.25, 0.3) is 0 Å². The smallest absolute Gasteiger partial charge is 0.193 e. The van der Waals surface area contributed by atoms with Gasteiger partial charge in [-0.3, -0.25) is 4.99 Å². The first-order chi connectivity index (χ1) is 8.83. The lowest BCUT2D eigenvalue weighted by molar-refractivity contribution is 0.130. The molecule has 4 nitrogen and oxygen atoms in total. The number of aliphatic imine (C=N–C) groups is 1. The average Bonchev–Trinajstić information content (AvgIpc) is 2.43. The van der Waals surface area contributed by atoms with Gasteiger partial charge in [0.15, 0.2) is 5.96 Å². The Bertz CT molecular complexity index is 389. The van der Waals surface area contributed by atoms with Gasteiger partial charge in [0.1, 0.15) is 11.9 Å². The summed E-state index contributed by atoms with van der Waals surface area (Å²) >= 11 is 0. The third-order valence-electron chi connectivity index (χ3n) is 3.22. The van der Waals surface area contributed by atoms with Crippen LogP contribution in [0.1, 0.15) is 12.8 Å². The van der Waals surface area contributed by atoms with Crippen LogP contribution < -0.4 is 10.1 Å². The van der Waals surface area contributed by atoms with Gasteiger partial charge in [-0.1, -0.05) is 18.2 Å². The van der Waals surface area contributed by atoms with Crippen molar-refractivity contribution in [3.05, 3.63) is 30.3 Å². The van der Waals surface area contributed by atoms with E-state index in [0.717, 1.165) is 37.6 Å². The summed E-state index contributed by atoms with van der Waals surface area (Å²) in [6.07, 6.45) is 2.39. The Kier molecular flexibility index (Phi) is 6.97. The molecule has 0 saturated carbocycles. The Morgan fingerprint density at radius 2 is 1.89 bits per heavy atom. The summed E-state index contributed by atoms with van der Waals surface area (Å²) < 4.78 is 5.96. The van der Waals surface area contributed by atoms with Crippen LogP contribution >= 0.6 is 24.0 Å². The minimum Gasteiger partial charge on any atom is -0.490 e. The third kappa shape index (κ3) is 4.56. The van der Waals surface area contributed by atoms with Crippen LogP contribution in [0.15, 0.2) is 35.3 Å². The molecule has 0 radical (unpaired) electrons. The van der Waals surface area contributed by atoms with E-state index in [1.807, 2.05) is 44.4 Å². The monoisotopic (exact) mass is 375 g/mol. The van der Waals surface area contributed by atoms with Gasteiger partial charge >= 0.3 is 0 Å². The van der Waals surface area contributed by atoms with Gasteiger partial charge in [-0.15, -0.1) is 24.0 Å². The molecule has 0 aliphatic carbocycles. The normalized spacial score (nSPS) is 16.7. The van der Waals surface area contributed by atoms with E-state index in [1.54, 1.807) is 0 Å². The number of para-hydroxylation sites is 1. The minimum absolute atomic E-state index is 0. The van der Waals surface area contributed by atoms with Crippen LogP contribution in [0.2, 0.25) is 0 Å². The molecule has 1 aromatic rings. The topological polar surface area (TPSA) is 36.9 Å². The summed E-state index contributed by atoms with van der Waals surface area (Å²) in [6.45, 7) is 1.98. The van der Waals surface area contributed by atoms with Crippen LogP contribution in [0.3, 0.4) is 0 Å². The highest BCUT2D eigenvalue weighted by Gasteiger charge is 2.21. The number of nitrogens with one attached hydrogen (secondary N) is 1. The number of hydrogen-bond donors (Lipinski definition) is 1. The summed E-state index contributed by atoms with van der Waals surface area (Å²) in [6, 6.07) is 10.0. The van der Waals surface area contributed by atoms with E-state index in [1.165, 1.54) is 0 Å². The predicted octanol–water partition coefficient (Wildman–Crippen LogP) is 2.35. The number of likely N-dealkylation sites (tertiary alicyclic amines) is 1. The molecular weight excluding hydrogens is 353 g/mol. The summed E-state index contributed by atoms with van der Waals surface area (Å²) in [5.41, 5.74) is 0. The highest BCUT2D eigenvalue weighted by Crippen LogP contribution is 2.18. The largest absolute Gasteiger partial charge is 0.490 e. The van der Waals surface area contributed by atoms with Gasteiger partial charge in [-0.05, 0) is 12.1 Å². The van der Waals surface area contributed by atoms with Gasteiger partial charge in [-0.2, -0.15) is 0 Å². The van der Waals surface area contributed by atoms with Crippen molar-refractivity contribution in [3.63, 3.8) is 0 Å². The number of ether oxygens (including phenoxy) is 1. The van der Waals surface area contributed by atoms with E-state index >= 15 is 0 Å². The lowest BCUT2D eigenvalue weighted by Crippen LogP contribution is -2.46. The molecule has 0 amide bonds. The van der Waals surface area contributed by atoms with Crippen LogP contribution in [0.4, 0.5) is 0 Å². The molecule has 5 heteroatoms. The molecule has 0 aromatic heterocycles. The van der Waals surface area contributed by atoms with Gasteiger partial charge < -0.3 is 15.0 Å². The number of benzene rings is 1.